The molecule has 0 saturated carbocycles. The van der Waals surface area contributed by atoms with Crippen LogP contribution in [0.4, 0.5) is 11.4 Å². The van der Waals surface area contributed by atoms with Gasteiger partial charge in [0.05, 0.1) is 5.69 Å². The van der Waals surface area contributed by atoms with E-state index in [0.717, 1.165) is 4.57 Å². The van der Waals surface area contributed by atoms with Crippen LogP contribution in [-0.2, 0) is 16.1 Å². The van der Waals surface area contributed by atoms with Gasteiger partial charge in [-0.05, 0) is 42.5 Å². The Hall–Kier alpha value is -4.92. The predicted octanol–water partition coefficient (Wildman–Crippen LogP) is 3.50. The Bertz CT molecular complexity index is 1710. The zero-order valence-electron chi connectivity index (χ0n) is 18.6. The highest BCUT2D eigenvalue weighted by Gasteiger charge is 2.22. The minimum atomic E-state index is -0.664. The Morgan fingerprint density at radius 3 is 2.29 bits per heavy atom. The number of benzene rings is 3. The molecule has 174 valence electrons. The third-order valence-electron chi connectivity index (χ3n) is 5.44. The second-order valence-corrected chi connectivity index (χ2v) is 7.93. The van der Waals surface area contributed by atoms with Crippen LogP contribution in [0.25, 0.3) is 27.8 Å². The van der Waals surface area contributed by atoms with Crippen molar-refractivity contribution in [3.05, 3.63) is 99.7 Å². The third kappa shape index (κ3) is 4.10. The van der Waals surface area contributed by atoms with E-state index < -0.39 is 17.2 Å². The molecule has 5 rings (SSSR count). The quantitative estimate of drug-likeness (QED) is 0.410. The summed E-state index contributed by atoms with van der Waals surface area (Å²) in [5.41, 5.74) is 0.728. The summed E-state index contributed by atoms with van der Waals surface area (Å²) in [6.07, 6.45) is 0. The standard InChI is InChI=1S/C26H20N4O5/c1-16(31)27-17-8-7-9-18(14-17)28-22(32)15-29-23-20-12-5-6-13-21(20)35-24(23)25(33)30(26(29)34)19-10-3-2-4-11-19/h2-14H,15H2,1H3,(H,27,31)(H,28,32). The zero-order valence-corrected chi connectivity index (χ0v) is 18.6. The average Bonchev–Trinajstić information content (AvgIpc) is 3.22. The van der Waals surface area contributed by atoms with Crippen molar-refractivity contribution >= 4 is 45.3 Å². The molecule has 0 radical (unpaired) electrons. The fourth-order valence-electron chi connectivity index (χ4n) is 4.02. The Labute approximate surface area is 198 Å². The number of aromatic nitrogens is 2. The van der Waals surface area contributed by atoms with Gasteiger partial charge in [-0.25, -0.2) is 9.36 Å². The summed E-state index contributed by atoms with van der Waals surface area (Å²) >= 11 is 0. The highest BCUT2D eigenvalue weighted by molar-refractivity contribution is 6.03. The first-order valence-electron chi connectivity index (χ1n) is 10.8. The molecule has 2 aromatic heterocycles. The van der Waals surface area contributed by atoms with Crippen LogP contribution >= 0.6 is 0 Å². The highest BCUT2D eigenvalue weighted by atomic mass is 16.3. The second kappa shape index (κ2) is 8.79. The number of hydrogen-bond acceptors (Lipinski definition) is 5. The number of furan rings is 1. The topological polar surface area (TPSA) is 115 Å². The van der Waals surface area contributed by atoms with Gasteiger partial charge in [0.1, 0.15) is 17.6 Å². The lowest BCUT2D eigenvalue weighted by Crippen LogP contribution is -2.40. The lowest BCUT2D eigenvalue weighted by Gasteiger charge is -2.13. The van der Waals surface area contributed by atoms with Crippen LogP contribution in [0.2, 0.25) is 0 Å². The van der Waals surface area contributed by atoms with Crippen molar-refractivity contribution in [1.29, 1.82) is 0 Å². The monoisotopic (exact) mass is 468 g/mol. The second-order valence-electron chi connectivity index (χ2n) is 7.93. The number of rotatable bonds is 5. The first-order valence-corrected chi connectivity index (χ1v) is 10.8. The minimum Gasteiger partial charge on any atom is -0.449 e. The van der Waals surface area contributed by atoms with Gasteiger partial charge in [-0.15, -0.1) is 0 Å². The Morgan fingerprint density at radius 1 is 0.857 bits per heavy atom. The molecule has 9 heteroatoms. The molecular formula is C26H20N4O5. The van der Waals surface area contributed by atoms with Crippen molar-refractivity contribution < 1.29 is 14.0 Å². The van der Waals surface area contributed by atoms with Crippen LogP contribution in [0.15, 0.2) is 92.9 Å². The number of carbonyl (C=O) groups is 2. The average molecular weight is 468 g/mol. The zero-order chi connectivity index (χ0) is 24.5. The summed E-state index contributed by atoms with van der Waals surface area (Å²) in [6.45, 7) is 1.02. The van der Waals surface area contributed by atoms with Crippen molar-refractivity contribution in [1.82, 2.24) is 9.13 Å². The first-order chi connectivity index (χ1) is 16.9. The maximum Gasteiger partial charge on any atom is 0.336 e. The van der Waals surface area contributed by atoms with E-state index >= 15 is 0 Å². The Kier molecular flexibility index (Phi) is 5.50. The number of nitrogens with one attached hydrogen (secondary N) is 2. The molecule has 5 aromatic rings. The maximum atomic E-state index is 13.6. The molecule has 0 fully saturated rings. The fraction of sp³-hybridized carbons (Fsp3) is 0.0769. The number of hydrogen-bond donors (Lipinski definition) is 2. The van der Waals surface area contributed by atoms with Gasteiger partial charge in [-0.1, -0.05) is 36.4 Å². The fourth-order valence-corrected chi connectivity index (χ4v) is 4.02. The molecule has 0 bridgehead atoms. The number of carbonyl (C=O) groups excluding carboxylic acids is 2. The number of fused-ring (bicyclic) bond motifs is 3. The molecule has 35 heavy (non-hydrogen) atoms. The van der Waals surface area contributed by atoms with Crippen LogP contribution in [0.3, 0.4) is 0 Å². The van der Waals surface area contributed by atoms with Gasteiger partial charge in [0.2, 0.25) is 17.4 Å². The van der Waals surface area contributed by atoms with Gasteiger partial charge in [0, 0.05) is 23.7 Å². The lowest BCUT2D eigenvalue weighted by molar-refractivity contribution is -0.117. The van der Waals surface area contributed by atoms with Gasteiger partial charge < -0.3 is 15.1 Å². The molecule has 2 N–H and O–H groups in total. The van der Waals surface area contributed by atoms with Crippen LogP contribution in [0.1, 0.15) is 6.92 Å². The summed E-state index contributed by atoms with van der Waals surface area (Å²) in [6, 6.07) is 22.1. The smallest absolute Gasteiger partial charge is 0.336 e. The molecule has 2 heterocycles. The van der Waals surface area contributed by atoms with Crippen LogP contribution in [-0.4, -0.2) is 20.9 Å². The van der Waals surface area contributed by atoms with E-state index in [1.807, 2.05) is 0 Å². The minimum absolute atomic E-state index is 0.0184. The molecule has 0 atom stereocenters. The van der Waals surface area contributed by atoms with E-state index in [9.17, 15) is 19.2 Å². The van der Waals surface area contributed by atoms with Gasteiger partial charge in [-0.3, -0.25) is 19.0 Å². The van der Waals surface area contributed by atoms with Crippen molar-refractivity contribution in [2.45, 2.75) is 13.5 Å². The number of anilines is 2. The molecule has 0 aliphatic heterocycles. The van der Waals surface area contributed by atoms with Crippen LogP contribution in [0.5, 0.6) is 0 Å². The summed E-state index contributed by atoms with van der Waals surface area (Å²) in [4.78, 5) is 51.2. The molecule has 0 saturated heterocycles. The van der Waals surface area contributed by atoms with Gasteiger partial charge in [-0.2, -0.15) is 0 Å². The number of amides is 2. The van der Waals surface area contributed by atoms with E-state index in [1.54, 1.807) is 78.9 Å². The van der Waals surface area contributed by atoms with Gasteiger partial charge in [0.25, 0.3) is 0 Å². The predicted molar refractivity (Wildman–Crippen MR) is 133 cm³/mol. The van der Waals surface area contributed by atoms with Gasteiger partial charge in [0.15, 0.2) is 0 Å². The van der Waals surface area contributed by atoms with Crippen molar-refractivity contribution in [2.24, 2.45) is 0 Å². The first kappa shape index (κ1) is 21.9. The SMILES string of the molecule is CC(=O)Nc1cccc(NC(=O)Cn2c(=O)n(-c3ccccc3)c(=O)c3oc4ccccc4c32)c1. The highest BCUT2D eigenvalue weighted by Crippen LogP contribution is 2.26. The van der Waals surface area contributed by atoms with Crippen molar-refractivity contribution in [3.8, 4) is 5.69 Å². The number of para-hydroxylation sites is 2. The molecule has 9 nitrogen and oxygen atoms in total. The molecule has 0 aliphatic carbocycles. The molecule has 2 amide bonds. The van der Waals surface area contributed by atoms with Crippen LogP contribution < -0.4 is 21.9 Å². The van der Waals surface area contributed by atoms with E-state index in [-0.39, 0.29) is 23.6 Å². The normalized spacial score (nSPS) is 11.0. The molecule has 0 spiro atoms. The number of nitrogens with zero attached hydrogens (tertiary/aromatic N) is 2. The molecular weight excluding hydrogens is 448 g/mol. The summed E-state index contributed by atoms with van der Waals surface area (Å²) in [5.74, 6) is -0.727. The summed E-state index contributed by atoms with van der Waals surface area (Å²) in [5, 5.41) is 5.95. The maximum absolute atomic E-state index is 13.6. The van der Waals surface area contributed by atoms with Crippen LogP contribution in [0, 0.1) is 0 Å². The van der Waals surface area contributed by atoms with E-state index in [4.69, 9.17) is 4.42 Å². The van der Waals surface area contributed by atoms with E-state index in [1.165, 1.54) is 11.5 Å². The van der Waals surface area contributed by atoms with E-state index in [2.05, 4.69) is 10.6 Å². The molecule has 0 aliphatic rings. The van der Waals surface area contributed by atoms with E-state index in [0.29, 0.717) is 28.0 Å². The third-order valence-corrected chi connectivity index (χ3v) is 5.44. The summed E-state index contributed by atoms with van der Waals surface area (Å²) < 4.78 is 8.06. The molecule has 0 unspecified atom stereocenters. The van der Waals surface area contributed by atoms with Crippen molar-refractivity contribution in [3.63, 3.8) is 0 Å². The Morgan fingerprint density at radius 2 is 1.54 bits per heavy atom. The molecule has 3 aromatic carbocycles. The van der Waals surface area contributed by atoms with Gasteiger partial charge >= 0.3 is 11.2 Å². The largest absolute Gasteiger partial charge is 0.449 e. The van der Waals surface area contributed by atoms with Crippen molar-refractivity contribution in [2.75, 3.05) is 10.6 Å². The Balaban J connectivity index is 1.63. The lowest BCUT2D eigenvalue weighted by atomic mass is 10.2. The summed E-state index contributed by atoms with van der Waals surface area (Å²) in [7, 11) is 0.